The van der Waals surface area contributed by atoms with Gasteiger partial charge in [-0.2, -0.15) is 0 Å². The minimum absolute atomic E-state index is 0.150. The molecule has 1 aromatic rings. The lowest BCUT2D eigenvalue weighted by Crippen LogP contribution is -2.38. The summed E-state index contributed by atoms with van der Waals surface area (Å²) in [5, 5.41) is 3.21. The summed E-state index contributed by atoms with van der Waals surface area (Å²) < 4.78 is 39.8. The minimum atomic E-state index is -3.28. The summed E-state index contributed by atoms with van der Waals surface area (Å²) in [5.74, 6) is 0.0370. The first kappa shape index (κ1) is 15.4. The van der Waals surface area contributed by atoms with Crippen LogP contribution in [-0.2, 0) is 16.4 Å². The van der Waals surface area contributed by atoms with E-state index in [4.69, 9.17) is 0 Å². The van der Waals surface area contributed by atoms with Crippen LogP contribution >= 0.6 is 0 Å². The van der Waals surface area contributed by atoms with Gasteiger partial charge in [-0.1, -0.05) is 18.2 Å². The van der Waals surface area contributed by atoms with E-state index in [9.17, 15) is 12.8 Å². The van der Waals surface area contributed by atoms with Crippen molar-refractivity contribution in [3.05, 3.63) is 35.6 Å². The van der Waals surface area contributed by atoms with Crippen molar-refractivity contribution >= 4 is 10.0 Å². The Morgan fingerprint density at radius 2 is 2.15 bits per heavy atom. The molecule has 6 heteroatoms. The number of hydrogen-bond donors (Lipinski definition) is 2. The predicted octanol–water partition coefficient (Wildman–Crippen LogP) is 1.29. The molecule has 1 heterocycles. The van der Waals surface area contributed by atoms with E-state index in [1.165, 1.54) is 6.07 Å². The van der Waals surface area contributed by atoms with E-state index in [-0.39, 0.29) is 24.0 Å². The van der Waals surface area contributed by atoms with Crippen molar-refractivity contribution in [3.8, 4) is 0 Å². The maximum absolute atomic E-state index is 13.4. The normalized spacial score (nSPS) is 19.9. The average Bonchev–Trinajstić information content (AvgIpc) is 2.41. The highest BCUT2D eigenvalue weighted by Gasteiger charge is 2.20. The van der Waals surface area contributed by atoms with Gasteiger partial charge in [-0.05, 0) is 49.9 Å². The predicted molar refractivity (Wildman–Crippen MR) is 77.5 cm³/mol. The van der Waals surface area contributed by atoms with Crippen LogP contribution in [0.25, 0.3) is 0 Å². The van der Waals surface area contributed by atoms with Crippen molar-refractivity contribution in [2.24, 2.45) is 5.92 Å². The molecule has 4 nitrogen and oxygen atoms in total. The molecule has 1 fully saturated rings. The third-order valence-electron chi connectivity index (χ3n) is 3.53. The van der Waals surface area contributed by atoms with Crippen LogP contribution in [0.15, 0.2) is 24.3 Å². The zero-order valence-electron chi connectivity index (χ0n) is 11.4. The lowest BCUT2D eigenvalue weighted by molar-refractivity contribution is 0.403. The molecule has 1 aromatic carbocycles. The van der Waals surface area contributed by atoms with E-state index in [1.54, 1.807) is 18.2 Å². The van der Waals surface area contributed by atoms with Gasteiger partial charge in [0.1, 0.15) is 5.82 Å². The molecular weight excluding hydrogens is 279 g/mol. The molecular formula is C14H21FN2O2S. The van der Waals surface area contributed by atoms with Gasteiger partial charge in [0.25, 0.3) is 0 Å². The van der Waals surface area contributed by atoms with Crippen molar-refractivity contribution in [1.82, 2.24) is 10.0 Å². The molecule has 1 saturated heterocycles. The van der Waals surface area contributed by atoms with Crippen molar-refractivity contribution < 1.29 is 12.8 Å². The van der Waals surface area contributed by atoms with E-state index in [0.29, 0.717) is 12.0 Å². The van der Waals surface area contributed by atoms with Gasteiger partial charge in [-0.3, -0.25) is 0 Å². The van der Waals surface area contributed by atoms with Crippen LogP contribution < -0.4 is 10.0 Å². The number of piperidine rings is 1. The maximum Gasteiger partial charge on any atom is 0.211 e. The van der Waals surface area contributed by atoms with Gasteiger partial charge in [0.05, 0.1) is 5.75 Å². The molecule has 1 aliphatic rings. The summed E-state index contributed by atoms with van der Waals surface area (Å²) in [4.78, 5) is 0. The van der Waals surface area contributed by atoms with Gasteiger partial charge in [0, 0.05) is 6.54 Å². The molecule has 112 valence electrons. The lowest BCUT2D eigenvalue weighted by atomic mass is 10.0. The Balaban J connectivity index is 1.79. The van der Waals surface area contributed by atoms with Gasteiger partial charge < -0.3 is 5.32 Å². The highest BCUT2D eigenvalue weighted by Crippen LogP contribution is 2.12. The van der Waals surface area contributed by atoms with Crippen molar-refractivity contribution in [2.45, 2.75) is 19.3 Å². The van der Waals surface area contributed by atoms with Gasteiger partial charge in [0.2, 0.25) is 10.0 Å². The third-order valence-corrected chi connectivity index (χ3v) is 5.08. The Kier molecular flexibility index (Phi) is 5.51. The van der Waals surface area contributed by atoms with Crippen LogP contribution in [0.3, 0.4) is 0 Å². The SMILES string of the molecule is O=S(=O)(CC1CCCNC1)NCCc1ccccc1F. The van der Waals surface area contributed by atoms with E-state index in [1.807, 2.05) is 0 Å². The van der Waals surface area contributed by atoms with Crippen LogP contribution in [0.1, 0.15) is 18.4 Å². The zero-order chi connectivity index (χ0) is 14.4. The monoisotopic (exact) mass is 300 g/mol. The molecule has 2 N–H and O–H groups in total. The Morgan fingerprint density at radius 3 is 2.85 bits per heavy atom. The zero-order valence-corrected chi connectivity index (χ0v) is 12.3. The fourth-order valence-corrected chi connectivity index (χ4v) is 3.91. The van der Waals surface area contributed by atoms with Gasteiger partial charge >= 0.3 is 0 Å². The lowest BCUT2D eigenvalue weighted by Gasteiger charge is -2.22. The summed E-state index contributed by atoms with van der Waals surface area (Å²) in [6.07, 6.45) is 2.34. The molecule has 20 heavy (non-hydrogen) atoms. The molecule has 0 amide bonds. The number of sulfonamides is 1. The summed E-state index contributed by atoms with van der Waals surface area (Å²) in [5.41, 5.74) is 0.537. The minimum Gasteiger partial charge on any atom is -0.316 e. The smallest absolute Gasteiger partial charge is 0.211 e. The van der Waals surface area contributed by atoms with Crippen LogP contribution in [0.4, 0.5) is 4.39 Å². The Hall–Kier alpha value is -0.980. The second-order valence-corrected chi connectivity index (χ2v) is 7.08. The highest BCUT2D eigenvalue weighted by molar-refractivity contribution is 7.89. The molecule has 2 rings (SSSR count). The summed E-state index contributed by atoms with van der Waals surface area (Å²) in [6, 6.07) is 6.44. The second kappa shape index (κ2) is 7.15. The number of halogens is 1. The molecule has 0 spiro atoms. The first-order valence-corrected chi connectivity index (χ1v) is 8.63. The number of benzene rings is 1. The van der Waals surface area contributed by atoms with E-state index in [2.05, 4.69) is 10.0 Å². The van der Waals surface area contributed by atoms with Crippen molar-refractivity contribution in [2.75, 3.05) is 25.4 Å². The molecule has 1 atom stereocenters. The van der Waals surface area contributed by atoms with E-state index < -0.39 is 10.0 Å². The number of nitrogens with one attached hydrogen (secondary N) is 2. The van der Waals surface area contributed by atoms with Crippen LogP contribution in [0.5, 0.6) is 0 Å². The van der Waals surface area contributed by atoms with Crippen LogP contribution in [0, 0.1) is 11.7 Å². The summed E-state index contributed by atoms with van der Waals surface area (Å²) in [7, 11) is -3.28. The summed E-state index contributed by atoms with van der Waals surface area (Å²) >= 11 is 0. The van der Waals surface area contributed by atoms with Crippen LogP contribution in [-0.4, -0.2) is 33.8 Å². The molecule has 0 aliphatic carbocycles. The Labute approximate surface area is 119 Å². The van der Waals surface area contributed by atoms with Crippen molar-refractivity contribution in [1.29, 1.82) is 0 Å². The highest BCUT2D eigenvalue weighted by atomic mass is 32.2. The van der Waals surface area contributed by atoms with E-state index in [0.717, 1.165) is 25.9 Å². The average molecular weight is 300 g/mol. The van der Waals surface area contributed by atoms with Gasteiger partial charge in [-0.25, -0.2) is 17.5 Å². The fraction of sp³-hybridized carbons (Fsp3) is 0.571. The van der Waals surface area contributed by atoms with Gasteiger partial charge in [-0.15, -0.1) is 0 Å². The topological polar surface area (TPSA) is 58.2 Å². The van der Waals surface area contributed by atoms with E-state index >= 15 is 0 Å². The molecule has 0 aromatic heterocycles. The third kappa shape index (κ3) is 4.85. The maximum atomic E-state index is 13.4. The number of hydrogen-bond acceptors (Lipinski definition) is 3. The number of rotatable bonds is 6. The fourth-order valence-electron chi connectivity index (χ4n) is 2.48. The standard InChI is InChI=1S/C14H21FN2O2S/c15-14-6-2-1-5-13(14)7-9-17-20(18,19)11-12-4-3-8-16-10-12/h1-2,5-6,12,16-17H,3-4,7-11H2. The molecule has 1 aliphatic heterocycles. The van der Waals surface area contributed by atoms with Crippen molar-refractivity contribution in [3.63, 3.8) is 0 Å². The largest absolute Gasteiger partial charge is 0.316 e. The second-order valence-electron chi connectivity index (χ2n) is 5.23. The first-order valence-electron chi connectivity index (χ1n) is 6.98. The first-order chi connectivity index (χ1) is 9.57. The molecule has 0 radical (unpaired) electrons. The quantitative estimate of drug-likeness (QED) is 0.832. The molecule has 0 saturated carbocycles. The Bertz CT molecular complexity index is 528. The Morgan fingerprint density at radius 1 is 1.35 bits per heavy atom. The molecule has 0 bridgehead atoms. The summed E-state index contributed by atoms with van der Waals surface area (Å²) in [6.45, 7) is 1.97. The molecule has 1 unspecified atom stereocenters. The van der Waals surface area contributed by atoms with Gasteiger partial charge in [0.15, 0.2) is 0 Å². The van der Waals surface area contributed by atoms with Crippen LogP contribution in [0.2, 0.25) is 0 Å².